The minimum absolute atomic E-state index is 0. The molecule has 31 heavy (non-hydrogen) atoms. The van der Waals surface area contributed by atoms with E-state index in [1.54, 1.807) is 27.0 Å². The standard InChI is InChI=1S/C21H34FN5O2S.HI/c1-5-25-8-10-26(11-9-25)19-7-6-17(14-18(19)22)15-24-20(23-4)27-12-13-30(28,29)21(2,3)16-27;/h6-7,14H,5,8-13,15-16H2,1-4H3,(H,23,24);1H. The predicted octanol–water partition coefficient (Wildman–Crippen LogP) is 2.17. The number of benzene rings is 1. The van der Waals surface area contributed by atoms with Crippen molar-refractivity contribution in [2.24, 2.45) is 4.99 Å². The average Bonchev–Trinajstić information content (AvgIpc) is 2.71. The van der Waals surface area contributed by atoms with Crippen molar-refractivity contribution in [1.29, 1.82) is 0 Å². The number of sulfone groups is 1. The van der Waals surface area contributed by atoms with Gasteiger partial charge in [-0.05, 0) is 38.1 Å². The highest BCUT2D eigenvalue weighted by molar-refractivity contribution is 14.0. The van der Waals surface area contributed by atoms with Crippen LogP contribution in [-0.2, 0) is 16.4 Å². The third-order valence-electron chi connectivity index (χ3n) is 6.18. The van der Waals surface area contributed by atoms with Gasteiger partial charge in [0.25, 0.3) is 0 Å². The van der Waals surface area contributed by atoms with Crippen molar-refractivity contribution in [3.05, 3.63) is 29.6 Å². The molecule has 0 amide bonds. The number of guanidine groups is 1. The number of piperazine rings is 1. The van der Waals surface area contributed by atoms with Crippen molar-refractivity contribution in [2.75, 3.05) is 63.5 Å². The Morgan fingerprint density at radius 3 is 2.42 bits per heavy atom. The quantitative estimate of drug-likeness (QED) is 0.342. The van der Waals surface area contributed by atoms with E-state index in [0.717, 1.165) is 38.3 Å². The van der Waals surface area contributed by atoms with Gasteiger partial charge in [0, 0.05) is 52.9 Å². The molecule has 2 heterocycles. The molecule has 0 saturated carbocycles. The average molecular weight is 568 g/mol. The van der Waals surface area contributed by atoms with Gasteiger partial charge in [0.2, 0.25) is 0 Å². The Morgan fingerprint density at radius 1 is 1.19 bits per heavy atom. The minimum Gasteiger partial charge on any atom is -0.367 e. The van der Waals surface area contributed by atoms with E-state index in [2.05, 4.69) is 27.0 Å². The number of likely N-dealkylation sites (N-methyl/N-ethyl adjacent to an activating group) is 1. The third-order valence-corrected chi connectivity index (χ3v) is 8.71. The molecule has 3 rings (SSSR count). The summed E-state index contributed by atoms with van der Waals surface area (Å²) >= 11 is 0. The van der Waals surface area contributed by atoms with Crippen LogP contribution in [0.4, 0.5) is 10.1 Å². The van der Waals surface area contributed by atoms with Gasteiger partial charge in [-0.3, -0.25) is 4.99 Å². The van der Waals surface area contributed by atoms with Crippen LogP contribution in [0.2, 0.25) is 0 Å². The second kappa shape index (κ2) is 10.7. The lowest BCUT2D eigenvalue weighted by atomic mass is 10.1. The van der Waals surface area contributed by atoms with Crippen LogP contribution in [0.15, 0.2) is 23.2 Å². The van der Waals surface area contributed by atoms with Gasteiger partial charge < -0.3 is 20.0 Å². The topological polar surface area (TPSA) is 68.2 Å². The van der Waals surface area contributed by atoms with Crippen molar-refractivity contribution < 1.29 is 12.8 Å². The first-order valence-electron chi connectivity index (χ1n) is 10.6. The van der Waals surface area contributed by atoms with Crippen LogP contribution in [0, 0.1) is 5.82 Å². The van der Waals surface area contributed by atoms with Crippen LogP contribution >= 0.6 is 24.0 Å². The largest absolute Gasteiger partial charge is 0.367 e. The molecule has 2 fully saturated rings. The van der Waals surface area contributed by atoms with E-state index in [0.29, 0.717) is 31.3 Å². The highest BCUT2D eigenvalue weighted by atomic mass is 127. The molecule has 0 unspecified atom stereocenters. The lowest BCUT2D eigenvalue weighted by Crippen LogP contribution is -2.57. The van der Waals surface area contributed by atoms with E-state index in [1.807, 2.05) is 17.0 Å². The number of rotatable bonds is 4. The van der Waals surface area contributed by atoms with E-state index in [-0.39, 0.29) is 35.5 Å². The maximum absolute atomic E-state index is 14.8. The summed E-state index contributed by atoms with van der Waals surface area (Å²) in [6, 6.07) is 5.37. The summed E-state index contributed by atoms with van der Waals surface area (Å²) in [6.45, 7) is 11.5. The molecule has 2 aliphatic heterocycles. The molecular weight excluding hydrogens is 532 g/mol. The zero-order valence-electron chi connectivity index (χ0n) is 18.9. The minimum atomic E-state index is -3.11. The third kappa shape index (κ3) is 6.01. The number of aliphatic imine (C=N–C) groups is 1. The summed E-state index contributed by atoms with van der Waals surface area (Å²) in [5.74, 6) is 0.535. The van der Waals surface area contributed by atoms with E-state index < -0.39 is 14.6 Å². The van der Waals surface area contributed by atoms with Crippen LogP contribution in [-0.4, -0.2) is 87.5 Å². The zero-order valence-corrected chi connectivity index (χ0v) is 22.0. The maximum atomic E-state index is 14.8. The van der Waals surface area contributed by atoms with Crippen LogP contribution < -0.4 is 10.2 Å². The van der Waals surface area contributed by atoms with Gasteiger partial charge in [-0.15, -0.1) is 24.0 Å². The first kappa shape index (κ1) is 26.1. The van der Waals surface area contributed by atoms with Crippen LogP contribution in [0.25, 0.3) is 0 Å². The van der Waals surface area contributed by atoms with Gasteiger partial charge in [-0.25, -0.2) is 12.8 Å². The maximum Gasteiger partial charge on any atom is 0.193 e. The van der Waals surface area contributed by atoms with Gasteiger partial charge in [-0.2, -0.15) is 0 Å². The molecule has 10 heteroatoms. The zero-order chi connectivity index (χ0) is 21.9. The Labute approximate surface area is 203 Å². The van der Waals surface area contributed by atoms with Crippen molar-refractivity contribution in [3.8, 4) is 0 Å². The van der Waals surface area contributed by atoms with Crippen molar-refractivity contribution in [3.63, 3.8) is 0 Å². The second-order valence-corrected chi connectivity index (χ2v) is 11.4. The smallest absolute Gasteiger partial charge is 0.193 e. The van der Waals surface area contributed by atoms with E-state index in [9.17, 15) is 12.8 Å². The Kier molecular flexibility index (Phi) is 8.97. The van der Waals surface area contributed by atoms with E-state index in [1.165, 1.54) is 0 Å². The molecule has 0 aliphatic carbocycles. The van der Waals surface area contributed by atoms with Gasteiger partial charge >= 0.3 is 0 Å². The SMILES string of the molecule is CCN1CCN(c2ccc(CNC(=NC)N3CCS(=O)(=O)C(C)(C)C3)cc2F)CC1.I. The molecule has 2 aliphatic rings. The predicted molar refractivity (Wildman–Crippen MR) is 136 cm³/mol. The highest BCUT2D eigenvalue weighted by Crippen LogP contribution is 2.24. The summed E-state index contributed by atoms with van der Waals surface area (Å²) in [5, 5.41) is 3.25. The summed E-state index contributed by atoms with van der Waals surface area (Å²) in [7, 11) is -1.43. The normalized spacial score (nSPS) is 21.5. The molecule has 176 valence electrons. The fourth-order valence-electron chi connectivity index (χ4n) is 4.06. The summed E-state index contributed by atoms with van der Waals surface area (Å²) < 4.78 is 38.4. The summed E-state index contributed by atoms with van der Waals surface area (Å²) in [4.78, 5) is 10.7. The monoisotopic (exact) mass is 567 g/mol. The fraction of sp³-hybridized carbons (Fsp3) is 0.667. The van der Waals surface area contributed by atoms with Crippen molar-refractivity contribution >= 4 is 45.5 Å². The molecule has 0 bridgehead atoms. The van der Waals surface area contributed by atoms with Gasteiger partial charge in [-0.1, -0.05) is 13.0 Å². The highest BCUT2D eigenvalue weighted by Gasteiger charge is 2.40. The number of anilines is 1. The molecule has 0 radical (unpaired) electrons. The lowest BCUT2D eigenvalue weighted by Gasteiger charge is -2.39. The Hall–Kier alpha value is -1.14. The molecule has 1 aromatic carbocycles. The molecule has 0 spiro atoms. The van der Waals surface area contributed by atoms with E-state index in [4.69, 9.17) is 0 Å². The van der Waals surface area contributed by atoms with Crippen molar-refractivity contribution in [2.45, 2.75) is 32.1 Å². The first-order valence-corrected chi connectivity index (χ1v) is 12.3. The molecule has 2 saturated heterocycles. The van der Waals surface area contributed by atoms with Crippen LogP contribution in [0.3, 0.4) is 0 Å². The van der Waals surface area contributed by atoms with Crippen LogP contribution in [0.5, 0.6) is 0 Å². The van der Waals surface area contributed by atoms with Gasteiger partial charge in [0.15, 0.2) is 15.8 Å². The Balaban J connectivity index is 0.00000341. The number of nitrogens with one attached hydrogen (secondary N) is 1. The van der Waals surface area contributed by atoms with Crippen LogP contribution in [0.1, 0.15) is 26.3 Å². The first-order chi connectivity index (χ1) is 14.2. The van der Waals surface area contributed by atoms with E-state index >= 15 is 0 Å². The number of hydrogen-bond donors (Lipinski definition) is 1. The second-order valence-electron chi connectivity index (χ2n) is 8.61. The fourth-order valence-corrected chi connectivity index (χ4v) is 5.43. The number of halogens is 2. The van der Waals surface area contributed by atoms with Gasteiger partial charge in [0.1, 0.15) is 5.82 Å². The molecule has 0 atom stereocenters. The molecule has 0 aromatic heterocycles. The summed E-state index contributed by atoms with van der Waals surface area (Å²) in [5.41, 5.74) is 1.48. The molecule has 1 N–H and O–H groups in total. The molecule has 7 nitrogen and oxygen atoms in total. The lowest BCUT2D eigenvalue weighted by molar-refractivity contribution is 0.270. The molecular formula is C21H35FIN5O2S. The molecule has 1 aromatic rings. The Bertz CT molecular complexity index is 886. The van der Waals surface area contributed by atoms with Gasteiger partial charge in [0.05, 0.1) is 16.2 Å². The Morgan fingerprint density at radius 2 is 1.87 bits per heavy atom. The van der Waals surface area contributed by atoms with Crippen molar-refractivity contribution in [1.82, 2.24) is 15.1 Å². The number of hydrogen-bond acceptors (Lipinski definition) is 5. The summed E-state index contributed by atoms with van der Waals surface area (Å²) in [6.07, 6.45) is 0. The number of nitrogens with zero attached hydrogens (tertiary/aromatic N) is 4.